The number of ether oxygens (including phenoxy) is 1. The minimum Gasteiger partial charge on any atom is -0.465 e. The third-order valence-electron chi connectivity index (χ3n) is 10.1. The van der Waals surface area contributed by atoms with E-state index in [1.54, 1.807) is 4.90 Å². The zero-order valence-electron chi connectivity index (χ0n) is 30.1. The van der Waals surface area contributed by atoms with Crippen LogP contribution in [-0.4, -0.2) is 87.8 Å². The first-order valence-corrected chi connectivity index (χ1v) is 17.4. The second kappa shape index (κ2) is 15.1. The first-order valence-electron chi connectivity index (χ1n) is 17.4. The van der Waals surface area contributed by atoms with Gasteiger partial charge < -0.3 is 29.9 Å². The number of aryl methyl sites for hydroxylation is 2. The third-order valence-corrected chi connectivity index (χ3v) is 10.1. The van der Waals surface area contributed by atoms with Gasteiger partial charge in [-0.05, 0) is 108 Å². The van der Waals surface area contributed by atoms with Gasteiger partial charge in [0, 0.05) is 85.1 Å². The summed E-state index contributed by atoms with van der Waals surface area (Å²) < 4.78 is 5.48. The van der Waals surface area contributed by atoms with Crippen molar-refractivity contribution in [3.8, 4) is 11.1 Å². The molecule has 1 aliphatic heterocycles. The van der Waals surface area contributed by atoms with Crippen molar-refractivity contribution in [1.29, 1.82) is 0 Å². The molecule has 0 spiro atoms. The number of anilines is 1. The van der Waals surface area contributed by atoms with Gasteiger partial charge in [0.25, 0.3) is 11.5 Å². The molecule has 2 amide bonds. The average Bonchev–Trinajstić information content (AvgIpc) is 3.04. The number of carbonyl (C=O) groups is 2. The zero-order valence-corrected chi connectivity index (χ0v) is 30.1. The summed E-state index contributed by atoms with van der Waals surface area (Å²) in [6, 6.07) is 10.2. The van der Waals surface area contributed by atoms with Gasteiger partial charge in [-0.3, -0.25) is 19.5 Å². The third kappa shape index (κ3) is 8.51. The largest absolute Gasteiger partial charge is 0.465 e. The number of carbonyl (C=O) groups excluding carboxylic acids is 1. The summed E-state index contributed by atoms with van der Waals surface area (Å²) in [5, 5.41) is 13.0. The second-order valence-electron chi connectivity index (χ2n) is 14.6. The molecular formula is C38H52N6O5. The van der Waals surface area contributed by atoms with E-state index in [1.807, 2.05) is 65.9 Å². The molecule has 5 rings (SSSR count). The molecule has 2 aromatic heterocycles. The first kappa shape index (κ1) is 36.1. The van der Waals surface area contributed by atoms with Crippen molar-refractivity contribution < 1.29 is 19.4 Å². The summed E-state index contributed by atoms with van der Waals surface area (Å²) >= 11 is 0. The Morgan fingerprint density at radius 3 is 2.29 bits per heavy atom. The van der Waals surface area contributed by atoms with E-state index < -0.39 is 11.6 Å². The van der Waals surface area contributed by atoms with Crippen molar-refractivity contribution in [2.75, 3.05) is 38.3 Å². The molecule has 3 aromatic rings. The van der Waals surface area contributed by atoms with E-state index in [-0.39, 0.29) is 30.1 Å². The molecule has 11 nitrogen and oxygen atoms in total. The fourth-order valence-electron chi connectivity index (χ4n) is 7.40. The summed E-state index contributed by atoms with van der Waals surface area (Å²) in [5.74, 6) is -0.253. The van der Waals surface area contributed by atoms with Crippen LogP contribution in [0.1, 0.15) is 84.9 Å². The van der Waals surface area contributed by atoms with Crippen molar-refractivity contribution in [1.82, 2.24) is 25.1 Å². The number of aromatic nitrogens is 2. The number of benzene rings is 1. The van der Waals surface area contributed by atoms with Gasteiger partial charge in [0.05, 0.1) is 18.9 Å². The van der Waals surface area contributed by atoms with Crippen molar-refractivity contribution in [3.05, 3.63) is 80.5 Å². The van der Waals surface area contributed by atoms with E-state index in [1.165, 1.54) is 0 Å². The number of nitrogens with zero attached hydrogens (tertiary/aromatic N) is 4. The fraction of sp³-hybridized carbons (Fsp3) is 0.526. The van der Waals surface area contributed by atoms with Crippen LogP contribution in [0.25, 0.3) is 11.1 Å². The highest BCUT2D eigenvalue weighted by Crippen LogP contribution is 2.36. The van der Waals surface area contributed by atoms with Gasteiger partial charge in [-0.25, -0.2) is 4.79 Å². The molecule has 1 saturated carbocycles. The summed E-state index contributed by atoms with van der Waals surface area (Å²) in [4.78, 5) is 52.5. The predicted molar refractivity (Wildman–Crippen MR) is 192 cm³/mol. The lowest BCUT2D eigenvalue weighted by Gasteiger charge is -2.44. The van der Waals surface area contributed by atoms with Crippen LogP contribution in [0.2, 0.25) is 0 Å². The van der Waals surface area contributed by atoms with Crippen LogP contribution in [0.3, 0.4) is 0 Å². The molecule has 11 heteroatoms. The van der Waals surface area contributed by atoms with Gasteiger partial charge in [-0.1, -0.05) is 6.07 Å². The average molecular weight is 673 g/mol. The quantitative estimate of drug-likeness (QED) is 0.266. The molecule has 2 fully saturated rings. The van der Waals surface area contributed by atoms with Crippen LogP contribution >= 0.6 is 0 Å². The van der Waals surface area contributed by atoms with Gasteiger partial charge in [0.2, 0.25) is 0 Å². The second-order valence-corrected chi connectivity index (χ2v) is 14.6. The van der Waals surface area contributed by atoms with Gasteiger partial charge in [0.15, 0.2) is 0 Å². The maximum Gasteiger partial charge on any atom is 0.407 e. The molecule has 3 heterocycles. The molecule has 264 valence electrons. The van der Waals surface area contributed by atoms with Crippen LogP contribution in [0.5, 0.6) is 0 Å². The van der Waals surface area contributed by atoms with Crippen LogP contribution in [0.15, 0.2) is 41.3 Å². The lowest BCUT2D eigenvalue weighted by Crippen LogP contribution is -2.53. The van der Waals surface area contributed by atoms with E-state index in [9.17, 15) is 19.5 Å². The maximum absolute atomic E-state index is 13.9. The number of nitrogens with one attached hydrogen (secondary N) is 2. The van der Waals surface area contributed by atoms with Gasteiger partial charge in [-0.2, -0.15) is 0 Å². The molecule has 1 saturated heterocycles. The maximum atomic E-state index is 13.9. The SMILES string of the molecule is Cc1cc(C)c(CNC(=O)c2cc(-c3ccc(CN4CCOCC4)nc3)cc(N(C)C3CCC(N(C(=O)O)C(C)(C)C)CC3)c2C)c(=O)[nH]1. The van der Waals surface area contributed by atoms with Crippen LogP contribution < -0.4 is 15.8 Å². The van der Waals surface area contributed by atoms with Crippen LogP contribution in [0, 0.1) is 20.8 Å². The molecule has 3 N–H and O–H groups in total. The van der Waals surface area contributed by atoms with Crippen LogP contribution in [-0.2, 0) is 17.8 Å². The molecule has 1 aromatic carbocycles. The van der Waals surface area contributed by atoms with E-state index in [0.29, 0.717) is 11.1 Å². The summed E-state index contributed by atoms with van der Waals surface area (Å²) in [5.41, 5.74) is 6.57. The predicted octanol–water partition coefficient (Wildman–Crippen LogP) is 5.65. The molecule has 0 radical (unpaired) electrons. The number of rotatable bonds is 9. The minimum absolute atomic E-state index is 0.0358. The number of hydrogen-bond donors (Lipinski definition) is 3. The van der Waals surface area contributed by atoms with Gasteiger partial charge >= 0.3 is 6.09 Å². The van der Waals surface area contributed by atoms with Crippen molar-refractivity contribution in [2.45, 2.75) is 97.9 Å². The number of H-pyrrole nitrogens is 1. The van der Waals surface area contributed by atoms with E-state index in [2.05, 4.69) is 39.3 Å². The monoisotopic (exact) mass is 672 g/mol. The number of hydrogen-bond acceptors (Lipinski definition) is 7. The number of aromatic amines is 1. The van der Waals surface area contributed by atoms with Gasteiger partial charge in [-0.15, -0.1) is 0 Å². The van der Waals surface area contributed by atoms with E-state index in [0.717, 1.165) is 97.9 Å². The Morgan fingerprint density at radius 1 is 1.02 bits per heavy atom. The number of carboxylic acid groups (broad SMARTS) is 1. The zero-order chi connectivity index (χ0) is 35.5. The Bertz CT molecular complexity index is 1700. The smallest absolute Gasteiger partial charge is 0.407 e. The normalized spacial score (nSPS) is 18.6. The molecular weight excluding hydrogens is 620 g/mol. The summed E-state index contributed by atoms with van der Waals surface area (Å²) in [6.45, 7) is 15.6. The standard InChI is InChI=1S/C38H52N6O5/c1-24-18-25(2)41-36(46)33(24)22-40-35(45)32-19-28(27-8-9-29(39-21-27)23-43-14-16-49-17-15-43)20-34(26(32)3)42(7)30-10-12-31(13-11-30)44(37(47)48)38(4,5)6/h8-9,18-21,30-31H,10-17,22-23H2,1-7H3,(H,40,45)(H,41,46)(H,47,48). The molecule has 2 aliphatic rings. The van der Waals surface area contributed by atoms with Crippen molar-refractivity contribution in [2.24, 2.45) is 0 Å². The highest BCUT2D eigenvalue weighted by molar-refractivity contribution is 5.99. The topological polar surface area (TPSA) is 131 Å². The van der Waals surface area contributed by atoms with Crippen LogP contribution in [0.4, 0.5) is 10.5 Å². The number of morpholine rings is 1. The Morgan fingerprint density at radius 2 is 1.69 bits per heavy atom. The summed E-state index contributed by atoms with van der Waals surface area (Å²) in [7, 11) is 2.07. The van der Waals surface area contributed by atoms with E-state index >= 15 is 0 Å². The molecule has 1 aliphatic carbocycles. The highest BCUT2D eigenvalue weighted by Gasteiger charge is 2.36. The van der Waals surface area contributed by atoms with Crippen molar-refractivity contribution in [3.63, 3.8) is 0 Å². The Balaban J connectivity index is 1.42. The highest BCUT2D eigenvalue weighted by atomic mass is 16.5. The van der Waals surface area contributed by atoms with E-state index in [4.69, 9.17) is 9.72 Å². The molecule has 0 atom stereocenters. The molecule has 0 unspecified atom stereocenters. The van der Waals surface area contributed by atoms with Crippen molar-refractivity contribution >= 4 is 17.7 Å². The summed E-state index contributed by atoms with van der Waals surface area (Å²) in [6.07, 6.45) is 4.20. The minimum atomic E-state index is -0.879. The van der Waals surface area contributed by atoms with Gasteiger partial charge in [0.1, 0.15) is 0 Å². The lowest BCUT2D eigenvalue weighted by atomic mass is 9.86. The fourth-order valence-corrected chi connectivity index (χ4v) is 7.40. The first-order chi connectivity index (χ1) is 23.2. The number of amides is 2. The lowest BCUT2D eigenvalue weighted by molar-refractivity contribution is 0.0336. The Labute approximate surface area is 289 Å². The number of pyridine rings is 2. The Hall–Kier alpha value is -4.22. The Kier molecular flexibility index (Phi) is 11.1. The molecule has 0 bridgehead atoms. The molecule has 49 heavy (non-hydrogen) atoms.